The maximum absolute atomic E-state index is 13.2. The molecule has 0 bridgehead atoms. The molecule has 1 N–H and O–H groups in total. The van der Waals surface area contributed by atoms with Crippen LogP contribution in [0, 0.1) is 13.8 Å². The summed E-state index contributed by atoms with van der Waals surface area (Å²) in [6.07, 6.45) is 0. The molecule has 3 aromatic rings. The second kappa shape index (κ2) is 9.34. The molecule has 0 fully saturated rings. The Labute approximate surface area is 167 Å². The zero-order valence-electron chi connectivity index (χ0n) is 16.7. The molecule has 0 aliphatic heterocycles. The maximum Gasteiger partial charge on any atom is 0.158 e. The van der Waals surface area contributed by atoms with Gasteiger partial charge in [-0.3, -0.25) is 4.79 Å². The number of benzene rings is 3. The van der Waals surface area contributed by atoms with Crippen molar-refractivity contribution in [2.45, 2.75) is 26.3 Å². The molecule has 3 aromatic carbocycles. The first kappa shape index (κ1) is 19.8. The van der Waals surface area contributed by atoms with E-state index in [1.807, 2.05) is 24.3 Å². The van der Waals surface area contributed by atoms with Crippen molar-refractivity contribution in [1.82, 2.24) is 5.32 Å². The number of nitrogens with one attached hydrogen (secondary N) is 1. The minimum absolute atomic E-state index is 0.155. The molecule has 0 amide bonds. The lowest BCUT2D eigenvalue weighted by Crippen LogP contribution is -2.28. The van der Waals surface area contributed by atoms with Gasteiger partial charge in [-0.1, -0.05) is 77.9 Å². The first-order valence-corrected chi connectivity index (χ1v) is 9.57. The molecular weight excluding hydrogens is 346 g/mol. The van der Waals surface area contributed by atoms with Crippen molar-refractivity contribution in [3.05, 3.63) is 101 Å². The van der Waals surface area contributed by atoms with Crippen LogP contribution in [0.2, 0.25) is 0 Å². The quantitative estimate of drug-likeness (QED) is 0.616. The van der Waals surface area contributed by atoms with E-state index in [1.165, 1.54) is 11.1 Å². The standard InChI is InChI=1S/C25H27NO2/c1-18-8-12-20(13-9-18)25(21-14-10-19(2)11-15-21)23(27)17-26-16-22-6-4-5-7-24(22)28-3/h4-15,25-26H,16-17H2,1-3H3. The van der Waals surface area contributed by atoms with E-state index in [9.17, 15) is 4.79 Å². The second-order valence-electron chi connectivity index (χ2n) is 7.14. The van der Waals surface area contributed by atoms with Gasteiger partial charge in [-0.15, -0.1) is 0 Å². The summed E-state index contributed by atoms with van der Waals surface area (Å²) in [4.78, 5) is 13.2. The molecule has 0 saturated heterocycles. The smallest absolute Gasteiger partial charge is 0.158 e. The monoisotopic (exact) mass is 373 g/mol. The summed E-state index contributed by atoms with van der Waals surface area (Å²) < 4.78 is 5.39. The fraction of sp³-hybridized carbons (Fsp3) is 0.240. The van der Waals surface area contributed by atoms with Crippen LogP contribution < -0.4 is 10.1 Å². The normalized spacial score (nSPS) is 10.9. The van der Waals surface area contributed by atoms with E-state index in [0.29, 0.717) is 13.1 Å². The van der Waals surface area contributed by atoms with Crippen LogP contribution >= 0.6 is 0 Å². The first-order valence-electron chi connectivity index (χ1n) is 9.57. The van der Waals surface area contributed by atoms with Crippen molar-refractivity contribution >= 4 is 5.78 Å². The predicted molar refractivity (Wildman–Crippen MR) is 114 cm³/mol. The van der Waals surface area contributed by atoms with Crippen LogP contribution in [0.4, 0.5) is 0 Å². The Bertz CT molecular complexity index is 869. The summed E-state index contributed by atoms with van der Waals surface area (Å²) in [7, 11) is 1.66. The van der Waals surface area contributed by atoms with Gasteiger partial charge in [-0.2, -0.15) is 0 Å². The van der Waals surface area contributed by atoms with Crippen molar-refractivity contribution in [2.24, 2.45) is 0 Å². The predicted octanol–water partition coefficient (Wildman–Crippen LogP) is 4.80. The lowest BCUT2D eigenvalue weighted by Gasteiger charge is -2.18. The number of hydrogen-bond acceptors (Lipinski definition) is 3. The van der Waals surface area contributed by atoms with E-state index in [4.69, 9.17) is 4.74 Å². The number of carbonyl (C=O) groups excluding carboxylic acids is 1. The third kappa shape index (κ3) is 4.87. The Morgan fingerprint density at radius 2 is 1.39 bits per heavy atom. The number of Topliss-reactive ketones (excluding diaryl/α,β-unsaturated/α-hetero) is 1. The van der Waals surface area contributed by atoms with Gasteiger partial charge in [0.25, 0.3) is 0 Å². The van der Waals surface area contributed by atoms with Crippen LogP contribution in [-0.2, 0) is 11.3 Å². The van der Waals surface area contributed by atoms with Crippen molar-refractivity contribution in [2.75, 3.05) is 13.7 Å². The van der Waals surface area contributed by atoms with E-state index in [-0.39, 0.29) is 11.7 Å². The molecule has 0 radical (unpaired) electrons. The molecule has 0 heterocycles. The molecule has 0 aliphatic carbocycles. The molecule has 3 rings (SSSR count). The number of rotatable bonds is 8. The highest BCUT2D eigenvalue weighted by Gasteiger charge is 2.22. The van der Waals surface area contributed by atoms with Gasteiger partial charge in [-0.05, 0) is 31.0 Å². The fourth-order valence-electron chi connectivity index (χ4n) is 3.35. The summed E-state index contributed by atoms with van der Waals surface area (Å²) >= 11 is 0. The minimum Gasteiger partial charge on any atom is -0.496 e. The Kier molecular flexibility index (Phi) is 6.62. The van der Waals surface area contributed by atoms with Crippen LogP contribution in [0.25, 0.3) is 0 Å². The first-order chi connectivity index (χ1) is 13.6. The summed E-state index contributed by atoms with van der Waals surface area (Å²) in [6.45, 7) is 5.00. The van der Waals surface area contributed by atoms with E-state index >= 15 is 0 Å². The number of ether oxygens (including phenoxy) is 1. The van der Waals surface area contributed by atoms with E-state index in [2.05, 4.69) is 67.7 Å². The summed E-state index contributed by atoms with van der Waals surface area (Å²) in [5.41, 5.74) is 5.47. The highest BCUT2D eigenvalue weighted by atomic mass is 16.5. The van der Waals surface area contributed by atoms with Crippen LogP contribution in [-0.4, -0.2) is 19.4 Å². The highest BCUT2D eigenvalue weighted by Crippen LogP contribution is 2.26. The van der Waals surface area contributed by atoms with Crippen LogP contribution in [0.3, 0.4) is 0 Å². The molecule has 0 spiro atoms. The highest BCUT2D eigenvalue weighted by molar-refractivity contribution is 5.90. The third-order valence-electron chi connectivity index (χ3n) is 4.95. The SMILES string of the molecule is COc1ccccc1CNCC(=O)C(c1ccc(C)cc1)c1ccc(C)cc1. The van der Waals surface area contributed by atoms with Gasteiger partial charge < -0.3 is 10.1 Å². The Hall–Kier alpha value is -2.91. The van der Waals surface area contributed by atoms with Crippen LogP contribution in [0.1, 0.15) is 33.7 Å². The zero-order chi connectivity index (χ0) is 19.9. The molecule has 3 heteroatoms. The van der Waals surface area contributed by atoms with Crippen LogP contribution in [0.15, 0.2) is 72.8 Å². The lowest BCUT2D eigenvalue weighted by molar-refractivity contribution is -0.118. The van der Waals surface area contributed by atoms with Crippen molar-refractivity contribution < 1.29 is 9.53 Å². The molecule has 0 atom stereocenters. The molecule has 0 aliphatic rings. The number of carbonyl (C=O) groups is 1. The van der Waals surface area contributed by atoms with E-state index in [1.54, 1.807) is 7.11 Å². The minimum atomic E-state index is -0.272. The number of para-hydroxylation sites is 1. The van der Waals surface area contributed by atoms with Gasteiger partial charge in [0.2, 0.25) is 0 Å². The lowest BCUT2D eigenvalue weighted by atomic mass is 9.87. The number of methoxy groups -OCH3 is 1. The molecule has 28 heavy (non-hydrogen) atoms. The van der Waals surface area contributed by atoms with Gasteiger partial charge in [0, 0.05) is 12.1 Å². The molecular formula is C25H27NO2. The number of hydrogen-bond donors (Lipinski definition) is 1. The second-order valence-corrected chi connectivity index (χ2v) is 7.14. The van der Waals surface area contributed by atoms with Gasteiger partial charge in [0.15, 0.2) is 5.78 Å². The Morgan fingerprint density at radius 1 is 0.857 bits per heavy atom. The number of ketones is 1. The molecule has 0 unspecified atom stereocenters. The van der Waals surface area contributed by atoms with E-state index in [0.717, 1.165) is 22.4 Å². The van der Waals surface area contributed by atoms with Crippen molar-refractivity contribution in [3.8, 4) is 5.75 Å². The fourth-order valence-corrected chi connectivity index (χ4v) is 3.35. The molecule has 144 valence electrons. The third-order valence-corrected chi connectivity index (χ3v) is 4.95. The molecule has 0 saturated carbocycles. The molecule has 3 nitrogen and oxygen atoms in total. The Balaban J connectivity index is 1.76. The van der Waals surface area contributed by atoms with Gasteiger partial charge >= 0.3 is 0 Å². The average Bonchev–Trinajstić information content (AvgIpc) is 2.71. The Morgan fingerprint density at radius 3 is 1.93 bits per heavy atom. The van der Waals surface area contributed by atoms with Crippen LogP contribution in [0.5, 0.6) is 5.75 Å². The van der Waals surface area contributed by atoms with Crippen molar-refractivity contribution in [3.63, 3.8) is 0 Å². The summed E-state index contributed by atoms with van der Waals surface area (Å²) in [5, 5.41) is 3.29. The zero-order valence-corrected chi connectivity index (χ0v) is 16.7. The number of aryl methyl sites for hydroxylation is 2. The van der Waals surface area contributed by atoms with Gasteiger partial charge in [-0.25, -0.2) is 0 Å². The summed E-state index contributed by atoms with van der Waals surface area (Å²) in [6, 6.07) is 24.3. The largest absolute Gasteiger partial charge is 0.496 e. The van der Waals surface area contributed by atoms with E-state index < -0.39 is 0 Å². The van der Waals surface area contributed by atoms with Gasteiger partial charge in [0.05, 0.1) is 19.6 Å². The van der Waals surface area contributed by atoms with Crippen molar-refractivity contribution in [1.29, 1.82) is 0 Å². The maximum atomic E-state index is 13.2. The summed E-state index contributed by atoms with van der Waals surface area (Å²) in [5.74, 6) is 0.713. The topological polar surface area (TPSA) is 38.3 Å². The van der Waals surface area contributed by atoms with Gasteiger partial charge in [0.1, 0.15) is 5.75 Å². The average molecular weight is 373 g/mol. The molecule has 0 aromatic heterocycles.